The molecule has 0 amide bonds. The third-order valence-corrected chi connectivity index (χ3v) is 8.89. The van der Waals surface area contributed by atoms with E-state index in [1.54, 1.807) is 30.2 Å². The number of fused-ring (bicyclic) bond motifs is 4. The van der Waals surface area contributed by atoms with Gasteiger partial charge in [-0.25, -0.2) is 4.98 Å². The minimum atomic E-state index is -0.422. The van der Waals surface area contributed by atoms with Gasteiger partial charge in [-0.1, -0.05) is 48.2 Å². The predicted molar refractivity (Wildman–Crippen MR) is 145 cm³/mol. The van der Waals surface area contributed by atoms with Crippen molar-refractivity contribution in [3.8, 4) is 5.75 Å². The summed E-state index contributed by atoms with van der Waals surface area (Å²) in [4.78, 5) is 21.0. The number of nitrogens with zero attached hydrogens (tertiary/aromatic N) is 1. The Hall–Kier alpha value is -3.33. The standard InChI is InChI=1S/C28H25N3O3S2/c1-33-23-12-11-16(13-17(23)15-35-28-31-21-9-5-6-10-24(21)36-28)25-26-19(14-22(30-25)27(32)34-2)18-7-3-4-8-20(18)29-26/h3-13,22,25,29-30H,14-15H2,1-2H3/t22-,25+/m0/s1. The number of hydrogen-bond donors (Lipinski definition) is 2. The van der Waals surface area contributed by atoms with Crippen LogP contribution in [0.5, 0.6) is 5.75 Å². The molecule has 0 unspecified atom stereocenters. The number of ether oxygens (including phenoxy) is 2. The highest BCUT2D eigenvalue weighted by Crippen LogP contribution is 2.38. The molecule has 3 heterocycles. The number of nitrogens with one attached hydrogen (secondary N) is 2. The number of carbonyl (C=O) groups is 1. The van der Waals surface area contributed by atoms with Gasteiger partial charge in [0.2, 0.25) is 0 Å². The normalized spacial score (nSPS) is 17.3. The summed E-state index contributed by atoms with van der Waals surface area (Å²) < 4.78 is 13.0. The van der Waals surface area contributed by atoms with Crippen LogP contribution in [0.3, 0.4) is 0 Å². The number of hydrogen-bond acceptors (Lipinski definition) is 7. The van der Waals surface area contributed by atoms with Gasteiger partial charge in [0.1, 0.15) is 11.8 Å². The molecule has 182 valence electrons. The van der Waals surface area contributed by atoms with E-state index in [-0.39, 0.29) is 12.0 Å². The molecule has 0 spiro atoms. The van der Waals surface area contributed by atoms with Crippen molar-refractivity contribution in [1.29, 1.82) is 0 Å². The van der Waals surface area contributed by atoms with Gasteiger partial charge in [0.25, 0.3) is 0 Å². The van der Waals surface area contributed by atoms with Gasteiger partial charge >= 0.3 is 5.97 Å². The summed E-state index contributed by atoms with van der Waals surface area (Å²) in [6.07, 6.45) is 0.582. The van der Waals surface area contributed by atoms with E-state index in [1.807, 2.05) is 36.4 Å². The molecular weight excluding hydrogens is 490 g/mol. The van der Waals surface area contributed by atoms with Crippen molar-refractivity contribution in [3.05, 3.63) is 89.1 Å². The van der Waals surface area contributed by atoms with Crippen LogP contribution in [-0.2, 0) is 21.7 Å². The van der Waals surface area contributed by atoms with Crippen molar-refractivity contribution >= 4 is 50.2 Å². The molecule has 0 saturated heterocycles. The molecule has 0 saturated carbocycles. The van der Waals surface area contributed by atoms with Crippen molar-refractivity contribution in [1.82, 2.24) is 15.3 Å². The van der Waals surface area contributed by atoms with Crippen molar-refractivity contribution < 1.29 is 14.3 Å². The van der Waals surface area contributed by atoms with Gasteiger partial charge in [0.15, 0.2) is 4.34 Å². The first-order chi connectivity index (χ1) is 17.6. The highest BCUT2D eigenvalue weighted by Gasteiger charge is 2.34. The summed E-state index contributed by atoms with van der Waals surface area (Å²) in [7, 11) is 3.14. The Balaban J connectivity index is 1.36. The van der Waals surface area contributed by atoms with Gasteiger partial charge in [0, 0.05) is 34.3 Å². The first-order valence-electron chi connectivity index (χ1n) is 11.7. The smallest absolute Gasteiger partial charge is 0.323 e. The molecular formula is C28H25N3O3S2. The number of benzene rings is 3. The maximum absolute atomic E-state index is 12.6. The average Bonchev–Trinajstić information content (AvgIpc) is 3.51. The van der Waals surface area contributed by atoms with Crippen molar-refractivity contribution in [2.45, 2.75) is 28.6 Å². The molecule has 3 aromatic carbocycles. The van der Waals surface area contributed by atoms with Gasteiger partial charge < -0.3 is 14.5 Å². The van der Waals surface area contributed by atoms with E-state index >= 15 is 0 Å². The Labute approximate surface area is 217 Å². The van der Waals surface area contributed by atoms with Crippen LogP contribution in [0, 0.1) is 0 Å². The van der Waals surface area contributed by atoms with Crippen LogP contribution in [0.1, 0.15) is 28.4 Å². The van der Waals surface area contributed by atoms with E-state index in [2.05, 4.69) is 40.6 Å². The van der Waals surface area contributed by atoms with Crippen LogP contribution < -0.4 is 10.1 Å². The molecule has 0 radical (unpaired) electrons. The quantitative estimate of drug-likeness (QED) is 0.218. The zero-order valence-corrected chi connectivity index (χ0v) is 21.5. The second-order valence-electron chi connectivity index (χ2n) is 8.75. The lowest BCUT2D eigenvalue weighted by atomic mass is 9.89. The van der Waals surface area contributed by atoms with Gasteiger partial charge in [0.05, 0.1) is 30.5 Å². The Kier molecular flexibility index (Phi) is 6.17. The molecule has 6 rings (SSSR count). The van der Waals surface area contributed by atoms with Gasteiger partial charge in [-0.05, 0) is 41.5 Å². The number of thioether (sulfide) groups is 1. The molecule has 2 atom stereocenters. The number of para-hydroxylation sites is 2. The van der Waals surface area contributed by atoms with E-state index in [9.17, 15) is 4.79 Å². The van der Waals surface area contributed by atoms with E-state index in [4.69, 9.17) is 14.5 Å². The summed E-state index contributed by atoms with van der Waals surface area (Å²) in [6.45, 7) is 0. The fraction of sp³-hybridized carbons (Fsp3) is 0.214. The van der Waals surface area contributed by atoms with Crippen LogP contribution in [0.25, 0.3) is 21.1 Å². The Morgan fingerprint density at radius 2 is 1.94 bits per heavy atom. The van der Waals surface area contributed by atoms with Crippen LogP contribution >= 0.6 is 23.1 Å². The maximum atomic E-state index is 12.6. The molecule has 1 aliphatic rings. The van der Waals surface area contributed by atoms with Crippen LogP contribution in [0.2, 0.25) is 0 Å². The number of rotatable bonds is 6. The number of aromatic nitrogens is 2. The zero-order valence-electron chi connectivity index (χ0n) is 19.9. The van der Waals surface area contributed by atoms with E-state index in [1.165, 1.54) is 11.8 Å². The molecule has 6 nitrogen and oxygen atoms in total. The van der Waals surface area contributed by atoms with Gasteiger partial charge in [-0.15, -0.1) is 11.3 Å². The van der Waals surface area contributed by atoms with Crippen LogP contribution in [-0.4, -0.2) is 36.2 Å². The summed E-state index contributed by atoms with van der Waals surface area (Å²) in [6, 6.07) is 22.1. The number of aromatic amines is 1. The molecule has 5 aromatic rings. The topological polar surface area (TPSA) is 76.2 Å². The third-order valence-electron chi connectivity index (χ3n) is 6.66. The minimum Gasteiger partial charge on any atom is -0.496 e. The van der Waals surface area contributed by atoms with E-state index in [0.717, 1.165) is 54.6 Å². The fourth-order valence-electron chi connectivity index (χ4n) is 4.93. The van der Waals surface area contributed by atoms with Crippen LogP contribution in [0.15, 0.2) is 71.1 Å². The molecule has 2 aromatic heterocycles. The largest absolute Gasteiger partial charge is 0.496 e. The lowest BCUT2D eigenvalue weighted by molar-refractivity contribution is -0.143. The number of carbonyl (C=O) groups excluding carboxylic acids is 1. The fourth-order valence-corrected chi connectivity index (χ4v) is 6.98. The zero-order chi connectivity index (χ0) is 24.6. The molecule has 0 fully saturated rings. The summed E-state index contributed by atoms with van der Waals surface area (Å²) in [5, 5.41) is 4.68. The van der Waals surface area contributed by atoms with Crippen molar-refractivity contribution in [2.75, 3.05) is 14.2 Å². The van der Waals surface area contributed by atoms with Gasteiger partial charge in [-0.2, -0.15) is 0 Å². The highest BCUT2D eigenvalue weighted by molar-refractivity contribution is 8.00. The molecule has 0 bridgehead atoms. The Morgan fingerprint density at radius 3 is 2.78 bits per heavy atom. The van der Waals surface area contributed by atoms with Crippen LogP contribution in [0.4, 0.5) is 0 Å². The Bertz CT molecular complexity index is 1540. The first-order valence-corrected chi connectivity index (χ1v) is 13.5. The number of thiazole rings is 1. The predicted octanol–water partition coefficient (Wildman–Crippen LogP) is 5.86. The summed E-state index contributed by atoms with van der Waals surface area (Å²) in [5.74, 6) is 1.31. The molecule has 36 heavy (non-hydrogen) atoms. The Morgan fingerprint density at radius 1 is 1.11 bits per heavy atom. The monoisotopic (exact) mass is 515 g/mol. The SMILES string of the molecule is COC(=O)[C@@H]1Cc2c([nH]c3ccccc23)[C@@H](c2ccc(OC)c(CSc3nc4ccccc4s3)c2)N1. The number of H-pyrrole nitrogens is 1. The minimum absolute atomic E-state index is 0.178. The second-order valence-corrected chi connectivity index (χ2v) is 11.0. The molecule has 2 N–H and O–H groups in total. The van der Waals surface area contributed by atoms with Crippen molar-refractivity contribution in [3.63, 3.8) is 0 Å². The lowest BCUT2D eigenvalue weighted by Crippen LogP contribution is -2.45. The molecule has 1 aliphatic heterocycles. The molecule has 0 aliphatic carbocycles. The number of esters is 1. The van der Waals surface area contributed by atoms with E-state index < -0.39 is 6.04 Å². The lowest BCUT2D eigenvalue weighted by Gasteiger charge is -2.30. The van der Waals surface area contributed by atoms with Gasteiger partial charge in [-0.3, -0.25) is 10.1 Å². The van der Waals surface area contributed by atoms with Crippen molar-refractivity contribution in [2.24, 2.45) is 0 Å². The average molecular weight is 516 g/mol. The summed E-state index contributed by atoms with van der Waals surface area (Å²) >= 11 is 3.41. The van der Waals surface area contributed by atoms with E-state index in [0.29, 0.717) is 6.42 Å². The highest BCUT2D eigenvalue weighted by atomic mass is 32.2. The molecule has 8 heteroatoms. The summed E-state index contributed by atoms with van der Waals surface area (Å²) in [5.41, 5.74) is 6.49. The first kappa shape index (κ1) is 23.1. The third kappa shape index (κ3) is 4.15. The second kappa shape index (κ2) is 9.61. The number of methoxy groups -OCH3 is 2. The maximum Gasteiger partial charge on any atom is 0.323 e.